The van der Waals surface area contributed by atoms with Crippen LogP contribution in [0.5, 0.6) is 5.75 Å². The van der Waals surface area contributed by atoms with Crippen molar-refractivity contribution in [1.82, 2.24) is 14.8 Å². The summed E-state index contributed by atoms with van der Waals surface area (Å²) in [4.78, 5) is 12.3. The van der Waals surface area contributed by atoms with Crippen molar-refractivity contribution < 1.29 is 9.53 Å². The zero-order chi connectivity index (χ0) is 21.5. The molecule has 1 aromatic heterocycles. The van der Waals surface area contributed by atoms with Crippen LogP contribution in [0.3, 0.4) is 0 Å². The molecule has 0 spiro atoms. The Morgan fingerprint density at radius 3 is 2.60 bits per heavy atom. The van der Waals surface area contributed by atoms with Gasteiger partial charge in [0.25, 0.3) is 0 Å². The van der Waals surface area contributed by atoms with Gasteiger partial charge in [0.2, 0.25) is 5.91 Å². The lowest BCUT2D eigenvalue weighted by Gasteiger charge is -2.10. The van der Waals surface area contributed by atoms with Gasteiger partial charge in [-0.2, -0.15) is 0 Å². The molecule has 0 aliphatic rings. The number of carbonyl (C=O) groups excluding carboxylic acids is 1. The maximum absolute atomic E-state index is 12.3. The van der Waals surface area contributed by atoms with Crippen LogP contribution in [0, 0.1) is 0 Å². The first-order chi connectivity index (χ1) is 14.5. The molecule has 0 saturated heterocycles. The Hall–Kier alpha value is -2.19. The number of para-hydroxylation sites is 1. The molecule has 0 atom stereocenters. The average Bonchev–Trinajstić information content (AvgIpc) is 3.07. The third-order valence-corrected chi connectivity index (χ3v) is 5.49. The Kier molecular flexibility index (Phi) is 8.04. The first-order valence-electron chi connectivity index (χ1n) is 8.75. The van der Waals surface area contributed by atoms with E-state index in [1.165, 1.54) is 11.8 Å². The van der Waals surface area contributed by atoms with E-state index in [-0.39, 0.29) is 18.3 Å². The van der Waals surface area contributed by atoms with Gasteiger partial charge in [-0.3, -0.25) is 9.36 Å². The number of hydrogen-bond acceptors (Lipinski definition) is 5. The largest absolute Gasteiger partial charge is 0.484 e. The maximum atomic E-state index is 12.3. The van der Waals surface area contributed by atoms with Crippen LogP contribution in [0.25, 0.3) is 0 Å². The summed E-state index contributed by atoms with van der Waals surface area (Å²) in [5, 5.41) is 13.1. The van der Waals surface area contributed by atoms with E-state index >= 15 is 0 Å². The lowest BCUT2D eigenvalue weighted by molar-refractivity contribution is -0.113. The van der Waals surface area contributed by atoms with E-state index in [9.17, 15) is 4.79 Å². The molecule has 0 bridgehead atoms. The van der Waals surface area contributed by atoms with Crippen LogP contribution in [0.1, 0.15) is 5.82 Å². The molecule has 1 heterocycles. The number of halogens is 3. The van der Waals surface area contributed by atoms with Gasteiger partial charge < -0.3 is 10.1 Å². The molecule has 1 amide bonds. The standard InChI is InChI=1S/C20H17Cl3N4O2S/c1-2-7-27-18(11-29-17-6-4-3-5-16(17)23)25-26-20(27)30-12-19(28)24-15-9-13(21)8-14(22)10-15/h2-6,8-10H,1,7,11-12H2,(H,24,28). The molecule has 1 N–H and O–H groups in total. The fourth-order valence-electron chi connectivity index (χ4n) is 2.50. The summed E-state index contributed by atoms with van der Waals surface area (Å²) in [6.07, 6.45) is 1.72. The number of thioether (sulfide) groups is 1. The number of hydrogen-bond donors (Lipinski definition) is 1. The van der Waals surface area contributed by atoms with Gasteiger partial charge in [0.1, 0.15) is 12.4 Å². The Morgan fingerprint density at radius 1 is 1.17 bits per heavy atom. The van der Waals surface area contributed by atoms with E-state index in [0.717, 1.165) is 0 Å². The van der Waals surface area contributed by atoms with E-state index in [1.54, 1.807) is 36.4 Å². The molecule has 3 rings (SSSR count). The zero-order valence-electron chi connectivity index (χ0n) is 15.6. The molecule has 3 aromatic rings. The number of ether oxygens (including phenoxy) is 1. The molecule has 0 unspecified atom stereocenters. The number of nitrogens with zero attached hydrogens (tertiary/aromatic N) is 3. The van der Waals surface area contributed by atoms with Crippen LogP contribution in [-0.4, -0.2) is 26.4 Å². The van der Waals surface area contributed by atoms with E-state index in [2.05, 4.69) is 22.1 Å². The van der Waals surface area contributed by atoms with Crippen LogP contribution < -0.4 is 10.1 Å². The molecule has 6 nitrogen and oxygen atoms in total. The predicted octanol–water partition coefficient (Wildman–Crippen LogP) is 5.73. The molecule has 0 fully saturated rings. The Morgan fingerprint density at radius 2 is 1.90 bits per heavy atom. The van der Waals surface area contributed by atoms with E-state index in [0.29, 0.717) is 44.0 Å². The van der Waals surface area contributed by atoms with Gasteiger partial charge in [-0.25, -0.2) is 0 Å². The number of allylic oxidation sites excluding steroid dienone is 1. The van der Waals surface area contributed by atoms with Gasteiger partial charge in [-0.1, -0.05) is 64.8 Å². The molecule has 10 heteroatoms. The second-order valence-electron chi connectivity index (χ2n) is 6.01. The fourth-order valence-corrected chi connectivity index (χ4v) is 3.99. The Bertz CT molecular complexity index is 1040. The highest BCUT2D eigenvalue weighted by Crippen LogP contribution is 2.25. The maximum Gasteiger partial charge on any atom is 0.234 e. The lowest BCUT2D eigenvalue weighted by Crippen LogP contribution is -2.15. The molecular weight excluding hydrogens is 467 g/mol. The SMILES string of the molecule is C=CCn1c(COc2ccccc2Cl)nnc1SCC(=O)Nc1cc(Cl)cc(Cl)c1. The van der Waals surface area contributed by atoms with Gasteiger partial charge in [0, 0.05) is 22.3 Å². The van der Waals surface area contributed by atoms with Gasteiger partial charge in [-0.05, 0) is 30.3 Å². The second kappa shape index (κ2) is 10.7. The molecule has 2 aromatic carbocycles. The van der Waals surface area contributed by atoms with Crippen LogP contribution in [-0.2, 0) is 17.9 Å². The topological polar surface area (TPSA) is 69.0 Å². The van der Waals surface area contributed by atoms with Crippen LogP contribution in [0.15, 0.2) is 60.3 Å². The van der Waals surface area contributed by atoms with E-state index < -0.39 is 0 Å². The van der Waals surface area contributed by atoms with E-state index in [1.807, 2.05) is 16.7 Å². The van der Waals surface area contributed by atoms with Crippen LogP contribution in [0.2, 0.25) is 15.1 Å². The average molecular weight is 484 g/mol. The zero-order valence-corrected chi connectivity index (χ0v) is 18.7. The number of benzene rings is 2. The van der Waals surface area contributed by atoms with Crippen molar-refractivity contribution in [2.24, 2.45) is 0 Å². The third kappa shape index (κ3) is 6.15. The summed E-state index contributed by atoms with van der Waals surface area (Å²) in [5.74, 6) is 1.06. The van der Waals surface area contributed by atoms with Crippen LogP contribution in [0.4, 0.5) is 5.69 Å². The number of aromatic nitrogens is 3. The monoisotopic (exact) mass is 482 g/mol. The molecule has 0 aliphatic heterocycles. The molecular formula is C20H17Cl3N4O2S. The molecule has 0 aliphatic carbocycles. The molecule has 0 radical (unpaired) electrons. The minimum atomic E-state index is -0.222. The van der Waals surface area contributed by atoms with Crippen molar-refractivity contribution in [2.45, 2.75) is 18.3 Å². The Labute approximate surface area is 193 Å². The third-order valence-electron chi connectivity index (χ3n) is 3.78. The van der Waals surface area contributed by atoms with Gasteiger partial charge in [0.05, 0.1) is 10.8 Å². The number of nitrogens with one attached hydrogen (secondary N) is 1. The number of rotatable bonds is 9. The van der Waals surface area contributed by atoms with Crippen molar-refractivity contribution in [3.05, 3.63) is 76.0 Å². The van der Waals surface area contributed by atoms with Crippen molar-refractivity contribution >= 4 is 58.2 Å². The van der Waals surface area contributed by atoms with Crippen molar-refractivity contribution in [3.8, 4) is 5.75 Å². The molecule has 156 valence electrons. The highest BCUT2D eigenvalue weighted by Gasteiger charge is 2.15. The second-order valence-corrected chi connectivity index (χ2v) is 8.23. The normalized spacial score (nSPS) is 10.6. The minimum Gasteiger partial charge on any atom is -0.484 e. The van der Waals surface area contributed by atoms with Gasteiger partial charge >= 0.3 is 0 Å². The quantitative estimate of drug-likeness (QED) is 0.311. The summed E-state index contributed by atoms with van der Waals surface area (Å²) in [5.41, 5.74) is 0.527. The summed E-state index contributed by atoms with van der Waals surface area (Å²) < 4.78 is 7.58. The van der Waals surface area contributed by atoms with Crippen molar-refractivity contribution in [3.63, 3.8) is 0 Å². The van der Waals surface area contributed by atoms with E-state index in [4.69, 9.17) is 39.5 Å². The summed E-state index contributed by atoms with van der Waals surface area (Å²) >= 11 is 19.3. The summed E-state index contributed by atoms with van der Waals surface area (Å²) in [6, 6.07) is 12.0. The number of carbonyl (C=O) groups is 1. The first kappa shape index (κ1) is 22.5. The minimum absolute atomic E-state index is 0.130. The molecule has 30 heavy (non-hydrogen) atoms. The summed E-state index contributed by atoms with van der Waals surface area (Å²) in [6.45, 7) is 4.42. The lowest BCUT2D eigenvalue weighted by atomic mass is 10.3. The predicted molar refractivity (Wildman–Crippen MR) is 122 cm³/mol. The van der Waals surface area contributed by atoms with Crippen molar-refractivity contribution in [2.75, 3.05) is 11.1 Å². The smallest absolute Gasteiger partial charge is 0.234 e. The van der Waals surface area contributed by atoms with Gasteiger partial charge in [0.15, 0.2) is 11.0 Å². The van der Waals surface area contributed by atoms with Crippen LogP contribution >= 0.6 is 46.6 Å². The number of anilines is 1. The highest BCUT2D eigenvalue weighted by atomic mass is 35.5. The van der Waals surface area contributed by atoms with Gasteiger partial charge in [-0.15, -0.1) is 16.8 Å². The fraction of sp³-hybridized carbons (Fsp3) is 0.150. The summed E-state index contributed by atoms with van der Waals surface area (Å²) in [7, 11) is 0. The molecule has 0 saturated carbocycles. The number of amides is 1. The van der Waals surface area contributed by atoms with Crippen molar-refractivity contribution in [1.29, 1.82) is 0 Å². The highest BCUT2D eigenvalue weighted by molar-refractivity contribution is 7.99. The Balaban J connectivity index is 1.63. The first-order valence-corrected chi connectivity index (χ1v) is 10.9.